The largest absolute Gasteiger partial charge is 0.379 e. The summed E-state index contributed by atoms with van der Waals surface area (Å²) in [4.78, 5) is 11.5. The molecule has 0 saturated carbocycles. The standard InChI is InChI=1S/C10H20N2O2/c1-7(2)5-9(11)10(13)12-8-3-4-14-6-8/h7-9H,3-6,11H2,1-2H3,(H,12,13)/t8?,9-/m1/s1. The monoisotopic (exact) mass is 200 g/mol. The van der Waals surface area contributed by atoms with E-state index in [1.807, 2.05) is 0 Å². The molecule has 4 nitrogen and oxygen atoms in total. The molecule has 1 rings (SSSR count). The zero-order valence-corrected chi connectivity index (χ0v) is 8.95. The molecule has 1 fully saturated rings. The van der Waals surface area contributed by atoms with E-state index in [1.54, 1.807) is 0 Å². The summed E-state index contributed by atoms with van der Waals surface area (Å²) in [5.41, 5.74) is 5.74. The molecular formula is C10H20N2O2. The van der Waals surface area contributed by atoms with Crippen LogP contribution in [0.3, 0.4) is 0 Å². The number of hydrogen-bond acceptors (Lipinski definition) is 3. The van der Waals surface area contributed by atoms with E-state index in [-0.39, 0.29) is 18.0 Å². The summed E-state index contributed by atoms with van der Waals surface area (Å²) in [7, 11) is 0. The maximum Gasteiger partial charge on any atom is 0.237 e. The lowest BCUT2D eigenvalue weighted by Gasteiger charge is -2.16. The van der Waals surface area contributed by atoms with E-state index in [9.17, 15) is 4.79 Å². The molecule has 0 spiro atoms. The van der Waals surface area contributed by atoms with Gasteiger partial charge in [0, 0.05) is 6.61 Å². The van der Waals surface area contributed by atoms with E-state index in [4.69, 9.17) is 10.5 Å². The van der Waals surface area contributed by atoms with Gasteiger partial charge in [-0.05, 0) is 18.8 Å². The van der Waals surface area contributed by atoms with Crippen LogP contribution in [0.15, 0.2) is 0 Å². The molecule has 1 aliphatic heterocycles. The maximum absolute atomic E-state index is 11.5. The highest BCUT2D eigenvalue weighted by Gasteiger charge is 2.21. The van der Waals surface area contributed by atoms with Gasteiger partial charge in [0.05, 0.1) is 18.7 Å². The predicted octanol–water partition coefficient (Wildman–Crippen LogP) is 0.265. The fourth-order valence-electron chi connectivity index (χ4n) is 1.57. The van der Waals surface area contributed by atoms with Crippen LogP contribution in [0.4, 0.5) is 0 Å². The molecule has 0 radical (unpaired) electrons. The van der Waals surface area contributed by atoms with Crippen LogP contribution in [0.2, 0.25) is 0 Å². The van der Waals surface area contributed by atoms with Crippen molar-refractivity contribution in [2.45, 2.75) is 38.8 Å². The van der Waals surface area contributed by atoms with Gasteiger partial charge in [-0.1, -0.05) is 13.8 Å². The summed E-state index contributed by atoms with van der Waals surface area (Å²) in [5.74, 6) is 0.407. The highest BCUT2D eigenvalue weighted by atomic mass is 16.5. The lowest BCUT2D eigenvalue weighted by molar-refractivity contribution is -0.123. The van der Waals surface area contributed by atoms with Crippen molar-refractivity contribution in [3.8, 4) is 0 Å². The van der Waals surface area contributed by atoms with E-state index >= 15 is 0 Å². The molecule has 0 bridgehead atoms. The normalized spacial score (nSPS) is 23.9. The van der Waals surface area contributed by atoms with Gasteiger partial charge in [0.2, 0.25) is 5.91 Å². The van der Waals surface area contributed by atoms with Crippen LogP contribution in [0.5, 0.6) is 0 Å². The number of carbonyl (C=O) groups is 1. The van der Waals surface area contributed by atoms with Gasteiger partial charge in [-0.25, -0.2) is 0 Å². The minimum absolute atomic E-state index is 0.0470. The van der Waals surface area contributed by atoms with Gasteiger partial charge >= 0.3 is 0 Å². The van der Waals surface area contributed by atoms with E-state index in [0.29, 0.717) is 12.5 Å². The number of amides is 1. The molecule has 1 saturated heterocycles. The number of nitrogens with two attached hydrogens (primary N) is 1. The minimum atomic E-state index is -0.379. The van der Waals surface area contributed by atoms with Gasteiger partial charge < -0.3 is 15.8 Å². The first-order valence-corrected chi connectivity index (χ1v) is 5.23. The predicted molar refractivity (Wildman–Crippen MR) is 54.8 cm³/mol. The second-order valence-corrected chi connectivity index (χ2v) is 4.31. The van der Waals surface area contributed by atoms with Crippen LogP contribution in [-0.2, 0) is 9.53 Å². The number of rotatable bonds is 4. The molecule has 1 unspecified atom stereocenters. The van der Waals surface area contributed by atoms with Crippen molar-refractivity contribution in [3.05, 3.63) is 0 Å². The Morgan fingerprint density at radius 2 is 2.36 bits per heavy atom. The molecule has 4 heteroatoms. The van der Waals surface area contributed by atoms with Crippen molar-refractivity contribution in [1.82, 2.24) is 5.32 Å². The van der Waals surface area contributed by atoms with Crippen molar-refractivity contribution in [1.29, 1.82) is 0 Å². The number of nitrogens with one attached hydrogen (secondary N) is 1. The average Bonchev–Trinajstić information content (AvgIpc) is 2.55. The molecule has 0 aromatic rings. The van der Waals surface area contributed by atoms with Crippen molar-refractivity contribution >= 4 is 5.91 Å². The smallest absolute Gasteiger partial charge is 0.237 e. The van der Waals surface area contributed by atoms with Crippen molar-refractivity contribution in [2.24, 2.45) is 11.7 Å². The summed E-state index contributed by atoms with van der Waals surface area (Å²) in [6.07, 6.45) is 1.64. The van der Waals surface area contributed by atoms with Crippen LogP contribution in [0.1, 0.15) is 26.7 Å². The average molecular weight is 200 g/mol. The molecule has 1 heterocycles. The van der Waals surface area contributed by atoms with Gasteiger partial charge in [-0.2, -0.15) is 0 Å². The van der Waals surface area contributed by atoms with Gasteiger partial charge in [0.1, 0.15) is 0 Å². The zero-order valence-electron chi connectivity index (χ0n) is 8.95. The highest BCUT2D eigenvalue weighted by Crippen LogP contribution is 2.06. The lowest BCUT2D eigenvalue weighted by Crippen LogP contribution is -2.46. The Morgan fingerprint density at radius 3 is 2.86 bits per heavy atom. The minimum Gasteiger partial charge on any atom is -0.379 e. The highest BCUT2D eigenvalue weighted by molar-refractivity contribution is 5.81. The lowest BCUT2D eigenvalue weighted by atomic mass is 10.0. The summed E-state index contributed by atoms with van der Waals surface area (Å²) < 4.78 is 5.16. The first-order chi connectivity index (χ1) is 6.59. The van der Waals surface area contributed by atoms with Gasteiger partial charge in [-0.3, -0.25) is 4.79 Å². The summed E-state index contributed by atoms with van der Waals surface area (Å²) in [6.45, 7) is 5.49. The van der Waals surface area contributed by atoms with Crippen LogP contribution in [0.25, 0.3) is 0 Å². The quantitative estimate of drug-likeness (QED) is 0.684. The Morgan fingerprint density at radius 1 is 1.64 bits per heavy atom. The first kappa shape index (κ1) is 11.5. The fourth-order valence-corrected chi connectivity index (χ4v) is 1.57. The van der Waals surface area contributed by atoms with E-state index in [1.165, 1.54) is 0 Å². The molecule has 14 heavy (non-hydrogen) atoms. The van der Waals surface area contributed by atoms with Crippen molar-refractivity contribution < 1.29 is 9.53 Å². The molecule has 3 N–H and O–H groups in total. The molecule has 0 aromatic heterocycles. The Labute approximate surface area is 85.2 Å². The Balaban J connectivity index is 2.25. The molecule has 0 aromatic carbocycles. The molecule has 1 aliphatic rings. The third kappa shape index (κ3) is 3.64. The van der Waals surface area contributed by atoms with Crippen LogP contribution in [0, 0.1) is 5.92 Å². The Kier molecular flexibility index (Phi) is 4.35. The number of ether oxygens (including phenoxy) is 1. The number of carbonyl (C=O) groups excluding carboxylic acids is 1. The summed E-state index contributed by atoms with van der Waals surface area (Å²) in [6, 6.07) is -0.212. The molecule has 1 amide bonds. The van der Waals surface area contributed by atoms with Crippen molar-refractivity contribution in [2.75, 3.05) is 13.2 Å². The third-order valence-corrected chi connectivity index (χ3v) is 2.34. The van der Waals surface area contributed by atoms with Crippen LogP contribution in [-0.4, -0.2) is 31.2 Å². The third-order valence-electron chi connectivity index (χ3n) is 2.34. The molecular weight excluding hydrogens is 180 g/mol. The Bertz CT molecular complexity index is 189. The second kappa shape index (κ2) is 5.32. The summed E-state index contributed by atoms with van der Waals surface area (Å²) in [5, 5.41) is 2.90. The van der Waals surface area contributed by atoms with Crippen LogP contribution < -0.4 is 11.1 Å². The topological polar surface area (TPSA) is 64.4 Å². The van der Waals surface area contributed by atoms with E-state index < -0.39 is 0 Å². The van der Waals surface area contributed by atoms with Gasteiger partial charge in [-0.15, -0.1) is 0 Å². The maximum atomic E-state index is 11.5. The molecule has 0 aliphatic carbocycles. The van der Waals surface area contributed by atoms with Crippen LogP contribution >= 0.6 is 0 Å². The molecule has 82 valence electrons. The summed E-state index contributed by atoms with van der Waals surface area (Å²) >= 11 is 0. The second-order valence-electron chi connectivity index (χ2n) is 4.31. The SMILES string of the molecule is CC(C)C[C@@H](N)C(=O)NC1CCOC1. The number of hydrogen-bond donors (Lipinski definition) is 2. The zero-order chi connectivity index (χ0) is 10.6. The van der Waals surface area contributed by atoms with E-state index in [2.05, 4.69) is 19.2 Å². The Hall–Kier alpha value is -0.610. The first-order valence-electron chi connectivity index (χ1n) is 5.23. The van der Waals surface area contributed by atoms with E-state index in [0.717, 1.165) is 19.4 Å². The van der Waals surface area contributed by atoms with Gasteiger partial charge in [0.25, 0.3) is 0 Å². The van der Waals surface area contributed by atoms with Crippen molar-refractivity contribution in [3.63, 3.8) is 0 Å². The van der Waals surface area contributed by atoms with Gasteiger partial charge in [0.15, 0.2) is 0 Å². The fraction of sp³-hybridized carbons (Fsp3) is 0.900. The molecule has 2 atom stereocenters.